The molecule has 0 aliphatic carbocycles. The molecule has 0 spiro atoms. The van der Waals surface area contributed by atoms with Crippen LogP contribution < -0.4 is 0 Å². The quantitative estimate of drug-likeness (QED) is 0.873. The van der Waals surface area contributed by atoms with Crippen molar-refractivity contribution in [2.45, 2.75) is 31.4 Å². The number of piperazine rings is 1. The molecule has 0 aromatic heterocycles. The number of likely N-dealkylation sites (N-methyl/N-ethyl adjacent to an activating group) is 2. The number of aliphatic hydroxyl groups is 1. The van der Waals surface area contributed by atoms with Crippen molar-refractivity contribution in [2.75, 3.05) is 33.7 Å². The van der Waals surface area contributed by atoms with Gasteiger partial charge in [-0.25, -0.2) is 0 Å². The van der Waals surface area contributed by atoms with Gasteiger partial charge in [-0.3, -0.25) is 4.90 Å². The Morgan fingerprint density at radius 2 is 1.95 bits per heavy atom. The van der Waals surface area contributed by atoms with Crippen LogP contribution >= 0.6 is 0 Å². The molecule has 0 amide bonds. The van der Waals surface area contributed by atoms with Crippen LogP contribution in [0.3, 0.4) is 0 Å². The minimum Gasteiger partial charge on any atom is -0.391 e. The summed E-state index contributed by atoms with van der Waals surface area (Å²) in [5.41, 5.74) is 1.36. The van der Waals surface area contributed by atoms with Crippen LogP contribution in [-0.4, -0.2) is 60.8 Å². The summed E-state index contributed by atoms with van der Waals surface area (Å²) >= 11 is 0. The van der Waals surface area contributed by atoms with Crippen molar-refractivity contribution < 1.29 is 5.11 Å². The van der Waals surface area contributed by atoms with Gasteiger partial charge in [-0.05, 0) is 38.9 Å². The number of nitrogens with zero attached hydrogens (tertiary/aromatic N) is 2. The summed E-state index contributed by atoms with van der Waals surface area (Å²) in [4.78, 5) is 4.61. The molecule has 3 heteroatoms. The van der Waals surface area contributed by atoms with Crippen LogP contribution in [0.2, 0.25) is 0 Å². The third-order valence-electron chi connectivity index (χ3n) is 4.15. The number of hydrogen-bond acceptors (Lipinski definition) is 3. The molecular weight excluding hydrogens is 236 g/mol. The standard InChI is InChI=1S/C16H26N2O/c1-17-11-12-18(2)15(13-17)16(19)10-6-9-14-7-4-3-5-8-14/h3-5,7-8,15-16,19H,6,9-13H2,1-2H3. The highest BCUT2D eigenvalue weighted by molar-refractivity contribution is 5.14. The fourth-order valence-corrected chi connectivity index (χ4v) is 2.81. The van der Waals surface area contributed by atoms with Gasteiger partial charge < -0.3 is 10.0 Å². The van der Waals surface area contributed by atoms with Crippen molar-refractivity contribution >= 4 is 0 Å². The molecule has 19 heavy (non-hydrogen) atoms. The largest absolute Gasteiger partial charge is 0.391 e. The first-order valence-corrected chi connectivity index (χ1v) is 7.27. The minimum atomic E-state index is -0.212. The summed E-state index contributed by atoms with van der Waals surface area (Å²) in [5.74, 6) is 0. The molecule has 1 aliphatic rings. The van der Waals surface area contributed by atoms with Crippen molar-refractivity contribution in [1.82, 2.24) is 9.80 Å². The molecule has 1 N–H and O–H groups in total. The molecule has 1 heterocycles. The smallest absolute Gasteiger partial charge is 0.0707 e. The number of rotatable bonds is 5. The summed E-state index contributed by atoms with van der Waals surface area (Å²) in [7, 11) is 4.26. The maximum Gasteiger partial charge on any atom is 0.0707 e. The first-order valence-electron chi connectivity index (χ1n) is 7.27. The Morgan fingerprint density at radius 1 is 1.21 bits per heavy atom. The van der Waals surface area contributed by atoms with Crippen LogP contribution in [0.5, 0.6) is 0 Å². The Kier molecular flexibility index (Phi) is 5.37. The third kappa shape index (κ3) is 4.30. The normalized spacial score (nSPS) is 23.4. The van der Waals surface area contributed by atoms with Crippen molar-refractivity contribution in [3.05, 3.63) is 35.9 Å². The Morgan fingerprint density at radius 3 is 2.68 bits per heavy atom. The highest BCUT2D eigenvalue weighted by atomic mass is 16.3. The summed E-state index contributed by atoms with van der Waals surface area (Å²) < 4.78 is 0. The zero-order valence-corrected chi connectivity index (χ0v) is 12.1. The van der Waals surface area contributed by atoms with Gasteiger partial charge in [0, 0.05) is 25.7 Å². The molecule has 2 rings (SSSR count). The lowest BCUT2D eigenvalue weighted by Gasteiger charge is -2.40. The van der Waals surface area contributed by atoms with Crippen LogP contribution in [0.25, 0.3) is 0 Å². The van der Waals surface area contributed by atoms with Crippen LogP contribution in [0, 0.1) is 0 Å². The lowest BCUT2D eigenvalue weighted by atomic mass is 9.99. The van der Waals surface area contributed by atoms with Crippen molar-refractivity contribution in [3.63, 3.8) is 0 Å². The average molecular weight is 262 g/mol. The molecule has 1 aliphatic heterocycles. The highest BCUT2D eigenvalue weighted by Crippen LogP contribution is 2.15. The summed E-state index contributed by atoms with van der Waals surface area (Å²) in [6.45, 7) is 3.13. The maximum atomic E-state index is 10.4. The van der Waals surface area contributed by atoms with E-state index in [0.717, 1.165) is 38.9 Å². The topological polar surface area (TPSA) is 26.7 Å². The molecule has 106 valence electrons. The van der Waals surface area contributed by atoms with Gasteiger partial charge in [0.15, 0.2) is 0 Å². The Labute approximate surface area is 116 Å². The second-order valence-corrected chi connectivity index (χ2v) is 5.76. The fourth-order valence-electron chi connectivity index (χ4n) is 2.81. The zero-order valence-electron chi connectivity index (χ0n) is 12.1. The number of benzene rings is 1. The second kappa shape index (κ2) is 7.04. The molecule has 1 fully saturated rings. The van der Waals surface area contributed by atoms with E-state index in [0.29, 0.717) is 0 Å². The van der Waals surface area contributed by atoms with Crippen molar-refractivity contribution in [3.8, 4) is 0 Å². The van der Waals surface area contributed by atoms with Gasteiger partial charge in [-0.2, -0.15) is 0 Å². The average Bonchev–Trinajstić information content (AvgIpc) is 2.42. The molecule has 0 saturated carbocycles. The summed E-state index contributed by atoms with van der Waals surface area (Å²) in [6.07, 6.45) is 2.79. The Balaban J connectivity index is 1.76. The van der Waals surface area contributed by atoms with Gasteiger partial charge in [-0.15, -0.1) is 0 Å². The molecule has 0 radical (unpaired) electrons. The molecule has 1 aromatic carbocycles. The molecule has 1 aromatic rings. The zero-order chi connectivity index (χ0) is 13.7. The van der Waals surface area contributed by atoms with Gasteiger partial charge in [0.1, 0.15) is 0 Å². The van der Waals surface area contributed by atoms with Crippen LogP contribution in [-0.2, 0) is 6.42 Å². The number of aryl methyl sites for hydroxylation is 1. The second-order valence-electron chi connectivity index (χ2n) is 5.76. The predicted octanol–water partition coefficient (Wildman–Crippen LogP) is 1.62. The lowest BCUT2D eigenvalue weighted by molar-refractivity contribution is 0.0101. The molecule has 0 bridgehead atoms. The number of hydrogen-bond donors (Lipinski definition) is 1. The van der Waals surface area contributed by atoms with E-state index in [2.05, 4.69) is 48.2 Å². The fraction of sp³-hybridized carbons (Fsp3) is 0.625. The highest BCUT2D eigenvalue weighted by Gasteiger charge is 2.27. The molecule has 1 saturated heterocycles. The van der Waals surface area contributed by atoms with E-state index < -0.39 is 0 Å². The van der Waals surface area contributed by atoms with Gasteiger partial charge >= 0.3 is 0 Å². The van der Waals surface area contributed by atoms with Gasteiger partial charge in [0.05, 0.1) is 6.10 Å². The summed E-state index contributed by atoms with van der Waals surface area (Å²) in [5, 5.41) is 10.4. The minimum absolute atomic E-state index is 0.212. The van der Waals surface area contributed by atoms with Gasteiger partial charge in [0.2, 0.25) is 0 Å². The van der Waals surface area contributed by atoms with E-state index in [1.165, 1.54) is 5.56 Å². The van der Waals surface area contributed by atoms with Crippen LogP contribution in [0.4, 0.5) is 0 Å². The monoisotopic (exact) mass is 262 g/mol. The molecule has 2 unspecified atom stereocenters. The molecular formula is C16H26N2O. The van der Waals surface area contributed by atoms with E-state index in [9.17, 15) is 5.11 Å². The molecule has 3 nitrogen and oxygen atoms in total. The molecule has 2 atom stereocenters. The lowest BCUT2D eigenvalue weighted by Crippen LogP contribution is -2.55. The Hall–Kier alpha value is -0.900. The van der Waals surface area contributed by atoms with E-state index >= 15 is 0 Å². The SMILES string of the molecule is CN1CCN(C)C(C(O)CCCc2ccccc2)C1. The van der Waals surface area contributed by atoms with E-state index in [1.54, 1.807) is 0 Å². The first kappa shape index (κ1) is 14.5. The van der Waals surface area contributed by atoms with Crippen LogP contribution in [0.15, 0.2) is 30.3 Å². The van der Waals surface area contributed by atoms with Gasteiger partial charge in [-0.1, -0.05) is 30.3 Å². The summed E-state index contributed by atoms with van der Waals surface area (Å²) in [6, 6.07) is 10.8. The van der Waals surface area contributed by atoms with Crippen LogP contribution in [0.1, 0.15) is 18.4 Å². The van der Waals surface area contributed by atoms with E-state index in [1.807, 2.05) is 6.07 Å². The first-order chi connectivity index (χ1) is 9.16. The third-order valence-corrected chi connectivity index (χ3v) is 4.15. The van der Waals surface area contributed by atoms with Crippen molar-refractivity contribution in [2.24, 2.45) is 0 Å². The van der Waals surface area contributed by atoms with Gasteiger partial charge in [0.25, 0.3) is 0 Å². The Bertz CT molecular complexity index is 368. The van der Waals surface area contributed by atoms with Crippen molar-refractivity contribution in [1.29, 1.82) is 0 Å². The van der Waals surface area contributed by atoms with E-state index in [-0.39, 0.29) is 12.1 Å². The predicted molar refractivity (Wildman–Crippen MR) is 79.3 cm³/mol. The van der Waals surface area contributed by atoms with E-state index in [4.69, 9.17) is 0 Å². The number of aliphatic hydroxyl groups excluding tert-OH is 1. The maximum absolute atomic E-state index is 10.4.